The highest BCUT2D eigenvalue weighted by atomic mass is 16.2. The standard InChI is InChI=1S/C15H19N3O3/c1-8-5-9(2)11-10(6-8)12(19)13(20)18(11)7-15(3,4)14(21)17-16/h5-6H,7,16H2,1-4H3,(H,17,21). The lowest BCUT2D eigenvalue weighted by Gasteiger charge is -2.29. The maximum atomic E-state index is 12.2. The number of amides is 2. The lowest BCUT2D eigenvalue weighted by molar-refractivity contribution is -0.129. The van der Waals surface area contributed by atoms with E-state index in [1.807, 2.05) is 19.9 Å². The molecular weight excluding hydrogens is 270 g/mol. The summed E-state index contributed by atoms with van der Waals surface area (Å²) >= 11 is 0. The van der Waals surface area contributed by atoms with Crippen LogP contribution >= 0.6 is 0 Å². The minimum Gasteiger partial charge on any atom is -0.303 e. The largest absolute Gasteiger partial charge is 0.303 e. The number of nitrogens with two attached hydrogens (primary N) is 1. The summed E-state index contributed by atoms with van der Waals surface area (Å²) in [6, 6.07) is 3.62. The second-order valence-corrected chi connectivity index (χ2v) is 6.06. The zero-order valence-corrected chi connectivity index (χ0v) is 12.6. The third-order valence-corrected chi connectivity index (χ3v) is 3.70. The van der Waals surface area contributed by atoms with Crippen LogP contribution in [0, 0.1) is 19.3 Å². The molecule has 1 heterocycles. The Bertz CT molecular complexity index is 650. The summed E-state index contributed by atoms with van der Waals surface area (Å²) in [4.78, 5) is 37.5. The Balaban J connectivity index is 2.47. The number of aryl methyl sites for hydroxylation is 2. The van der Waals surface area contributed by atoms with Crippen LogP contribution in [0.4, 0.5) is 5.69 Å². The summed E-state index contributed by atoms with van der Waals surface area (Å²) in [6.45, 7) is 7.17. The first-order valence-electron chi connectivity index (χ1n) is 6.67. The predicted molar refractivity (Wildman–Crippen MR) is 78.7 cm³/mol. The van der Waals surface area contributed by atoms with E-state index in [9.17, 15) is 14.4 Å². The Morgan fingerprint density at radius 1 is 1.29 bits per heavy atom. The van der Waals surface area contributed by atoms with Crippen LogP contribution in [-0.4, -0.2) is 24.1 Å². The molecule has 0 aliphatic carbocycles. The van der Waals surface area contributed by atoms with Gasteiger partial charge < -0.3 is 4.90 Å². The smallest absolute Gasteiger partial charge is 0.299 e. The maximum Gasteiger partial charge on any atom is 0.299 e. The van der Waals surface area contributed by atoms with Gasteiger partial charge in [-0.3, -0.25) is 19.8 Å². The van der Waals surface area contributed by atoms with Crippen molar-refractivity contribution in [2.45, 2.75) is 27.7 Å². The summed E-state index contributed by atoms with van der Waals surface area (Å²) in [5, 5.41) is 0. The van der Waals surface area contributed by atoms with Crippen molar-refractivity contribution in [1.29, 1.82) is 0 Å². The lowest BCUT2D eigenvalue weighted by Crippen LogP contribution is -2.48. The molecule has 0 bridgehead atoms. The molecule has 2 amide bonds. The van der Waals surface area contributed by atoms with E-state index in [1.165, 1.54) is 4.90 Å². The number of carbonyl (C=O) groups excluding carboxylic acids is 3. The number of benzene rings is 1. The van der Waals surface area contributed by atoms with Crippen LogP contribution in [0.5, 0.6) is 0 Å². The highest BCUT2D eigenvalue weighted by Gasteiger charge is 2.41. The van der Waals surface area contributed by atoms with Gasteiger partial charge in [-0.25, -0.2) is 5.84 Å². The van der Waals surface area contributed by atoms with Crippen molar-refractivity contribution in [3.05, 3.63) is 28.8 Å². The number of nitrogens with zero attached hydrogens (tertiary/aromatic N) is 1. The summed E-state index contributed by atoms with van der Waals surface area (Å²) < 4.78 is 0. The molecule has 1 aliphatic heterocycles. The Kier molecular flexibility index (Phi) is 3.59. The lowest BCUT2D eigenvalue weighted by atomic mass is 9.91. The molecule has 1 aromatic rings. The van der Waals surface area contributed by atoms with Gasteiger partial charge in [0.2, 0.25) is 5.91 Å². The second-order valence-electron chi connectivity index (χ2n) is 6.06. The van der Waals surface area contributed by atoms with Gasteiger partial charge in [0.05, 0.1) is 16.7 Å². The minimum atomic E-state index is -0.899. The van der Waals surface area contributed by atoms with Crippen LogP contribution in [0.25, 0.3) is 0 Å². The first kappa shape index (κ1) is 15.2. The van der Waals surface area contributed by atoms with Gasteiger partial charge in [-0.05, 0) is 44.9 Å². The number of hydrazine groups is 1. The average molecular weight is 289 g/mol. The number of Topliss-reactive ketones (excluding diaryl/α,β-unsaturated/α-hetero) is 1. The predicted octanol–water partition coefficient (Wildman–Crippen LogP) is 0.849. The van der Waals surface area contributed by atoms with Crippen LogP contribution in [0.1, 0.15) is 35.3 Å². The molecule has 0 atom stereocenters. The number of ketones is 1. The van der Waals surface area contributed by atoms with Crippen LogP contribution in [0.3, 0.4) is 0 Å². The van der Waals surface area contributed by atoms with Gasteiger partial charge in [0.1, 0.15) is 0 Å². The summed E-state index contributed by atoms with van der Waals surface area (Å²) in [6.07, 6.45) is 0. The van der Waals surface area contributed by atoms with E-state index in [4.69, 9.17) is 5.84 Å². The van der Waals surface area contributed by atoms with E-state index >= 15 is 0 Å². The molecule has 0 aromatic heterocycles. The first-order valence-corrected chi connectivity index (χ1v) is 6.67. The fraction of sp³-hybridized carbons (Fsp3) is 0.400. The monoisotopic (exact) mass is 289 g/mol. The van der Waals surface area contributed by atoms with Gasteiger partial charge in [-0.1, -0.05) is 6.07 Å². The maximum absolute atomic E-state index is 12.2. The molecule has 6 nitrogen and oxygen atoms in total. The third kappa shape index (κ3) is 2.42. The van der Waals surface area contributed by atoms with E-state index in [2.05, 4.69) is 5.43 Å². The van der Waals surface area contributed by atoms with Crippen molar-refractivity contribution in [3.63, 3.8) is 0 Å². The third-order valence-electron chi connectivity index (χ3n) is 3.70. The fourth-order valence-electron chi connectivity index (χ4n) is 2.64. The summed E-state index contributed by atoms with van der Waals surface area (Å²) in [7, 11) is 0. The first-order chi connectivity index (χ1) is 9.69. The Morgan fingerprint density at radius 3 is 2.48 bits per heavy atom. The number of fused-ring (bicyclic) bond motifs is 1. The fourth-order valence-corrected chi connectivity index (χ4v) is 2.64. The number of rotatable bonds is 3. The molecule has 0 saturated carbocycles. The van der Waals surface area contributed by atoms with Crippen molar-refractivity contribution in [1.82, 2.24) is 5.43 Å². The van der Waals surface area contributed by atoms with E-state index < -0.39 is 17.1 Å². The van der Waals surface area contributed by atoms with Gasteiger partial charge in [0, 0.05) is 6.54 Å². The molecule has 6 heteroatoms. The van der Waals surface area contributed by atoms with Crippen LogP contribution in [0.15, 0.2) is 12.1 Å². The molecule has 0 unspecified atom stereocenters. The molecule has 1 aromatic carbocycles. The van der Waals surface area contributed by atoms with Crippen molar-refractivity contribution < 1.29 is 14.4 Å². The van der Waals surface area contributed by atoms with Crippen LogP contribution in [-0.2, 0) is 9.59 Å². The Labute approximate surface area is 123 Å². The summed E-state index contributed by atoms with van der Waals surface area (Å²) in [5.74, 6) is 3.65. The minimum absolute atomic E-state index is 0.0947. The quantitative estimate of drug-likeness (QED) is 0.373. The molecule has 0 radical (unpaired) electrons. The van der Waals surface area contributed by atoms with Crippen LogP contribution in [0.2, 0.25) is 0 Å². The molecule has 0 fully saturated rings. The molecule has 112 valence electrons. The van der Waals surface area contributed by atoms with Crippen molar-refractivity contribution in [3.8, 4) is 0 Å². The van der Waals surface area contributed by atoms with Gasteiger partial charge in [0.25, 0.3) is 11.7 Å². The van der Waals surface area contributed by atoms with Crippen molar-refractivity contribution >= 4 is 23.3 Å². The summed E-state index contributed by atoms with van der Waals surface area (Å²) in [5.41, 5.74) is 3.95. The van der Waals surface area contributed by atoms with Gasteiger partial charge in [-0.2, -0.15) is 0 Å². The molecular formula is C15H19N3O3. The SMILES string of the molecule is Cc1cc(C)c2c(c1)C(=O)C(=O)N2CC(C)(C)C(=O)NN. The molecule has 1 aliphatic rings. The van der Waals surface area contributed by atoms with Crippen LogP contribution < -0.4 is 16.2 Å². The van der Waals surface area contributed by atoms with Crippen molar-refractivity contribution in [2.24, 2.45) is 11.3 Å². The Morgan fingerprint density at radius 2 is 1.90 bits per heavy atom. The number of nitrogens with one attached hydrogen (secondary N) is 1. The number of carbonyl (C=O) groups is 3. The second kappa shape index (κ2) is 4.96. The zero-order chi connectivity index (χ0) is 15.9. The average Bonchev–Trinajstić information content (AvgIpc) is 2.63. The molecule has 0 saturated heterocycles. The molecule has 0 spiro atoms. The number of hydrogen-bond donors (Lipinski definition) is 2. The number of hydrogen-bond acceptors (Lipinski definition) is 4. The molecule has 3 N–H and O–H groups in total. The molecule has 2 rings (SSSR count). The van der Waals surface area contributed by atoms with Gasteiger partial charge in [0.15, 0.2) is 0 Å². The highest BCUT2D eigenvalue weighted by molar-refractivity contribution is 6.52. The topological polar surface area (TPSA) is 92.5 Å². The number of anilines is 1. The molecule has 21 heavy (non-hydrogen) atoms. The van der Waals surface area contributed by atoms with Gasteiger partial charge >= 0.3 is 0 Å². The normalized spacial score (nSPS) is 14.4. The van der Waals surface area contributed by atoms with Gasteiger partial charge in [-0.15, -0.1) is 0 Å². The highest BCUT2D eigenvalue weighted by Crippen LogP contribution is 2.35. The van der Waals surface area contributed by atoms with E-state index in [0.29, 0.717) is 11.3 Å². The zero-order valence-electron chi connectivity index (χ0n) is 12.6. The van der Waals surface area contributed by atoms with E-state index in [-0.39, 0.29) is 12.5 Å². The van der Waals surface area contributed by atoms with E-state index in [1.54, 1.807) is 19.9 Å². The Hall–Kier alpha value is -2.21. The van der Waals surface area contributed by atoms with E-state index in [0.717, 1.165) is 11.1 Å². The van der Waals surface area contributed by atoms with Crippen molar-refractivity contribution in [2.75, 3.05) is 11.4 Å².